The maximum absolute atomic E-state index is 12.7. The summed E-state index contributed by atoms with van der Waals surface area (Å²) in [6, 6.07) is 8.97. The van der Waals surface area contributed by atoms with Gasteiger partial charge < -0.3 is 14.7 Å². The first-order valence-electron chi connectivity index (χ1n) is 9.08. The van der Waals surface area contributed by atoms with E-state index >= 15 is 0 Å². The van der Waals surface area contributed by atoms with E-state index in [1.807, 2.05) is 31.2 Å². The summed E-state index contributed by atoms with van der Waals surface area (Å²) in [5.74, 6) is 1.28. The van der Waals surface area contributed by atoms with Crippen molar-refractivity contribution in [3.8, 4) is 11.4 Å². The molecule has 7 nitrogen and oxygen atoms in total. The molecule has 1 aliphatic rings. The van der Waals surface area contributed by atoms with Crippen molar-refractivity contribution in [2.75, 3.05) is 18.4 Å². The number of halogens is 1. The van der Waals surface area contributed by atoms with Crippen LogP contribution in [-0.2, 0) is 0 Å². The zero-order valence-corrected chi connectivity index (χ0v) is 16.3. The van der Waals surface area contributed by atoms with E-state index < -0.39 is 0 Å². The monoisotopic (exact) mass is 397 g/mol. The number of rotatable bonds is 3. The molecule has 0 bridgehead atoms. The number of benzene rings is 1. The predicted octanol–water partition coefficient (Wildman–Crippen LogP) is 4.36. The molecule has 2 atom stereocenters. The lowest BCUT2D eigenvalue weighted by Gasteiger charge is -2.18. The van der Waals surface area contributed by atoms with Crippen molar-refractivity contribution < 1.29 is 9.32 Å². The van der Waals surface area contributed by atoms with E-state index in [2.05, 4.69) is 27.4 Å². The predicted molar refractivity (Wildman–Crippen MR) is 106 cm³/mol. The van der Waals surface area contributed by atoms with Crippen LogP contribution in [-0.4, -0.2) is 39.1 Å². The van der Waals surface area contributed by atoms with Crippen molar-refractivity contribution >= 4 is 23.3 Å². The number of nitrogens with one attached hydrogen (secondary N) is 1. The summed E-state index contributed by atoms with van der Waals surface area (Å²) in [4.78, 5) is 23.0. The van der Waals surface area contributed by atoms with E-state index in [4.69, 9.17) is 16.1 Å². The average Bonchev–Trinajstić information content (AvgIpc) is 3.33. The molecule has 2 amide bonds. The van der Waals surface area contributed by atoms with E-state index in [0.29, 0.717) is 35.5 Å². The second-order valence-corrected chi connectivity index (χ2v) is 7.43. The molecule has 0 aliphatic carbocycles. The molecular weight excluding hydrogens is 378 g/mol. The zero-order valence-electron chi connectivity index (χ0n) is 15.6. The van der Waals surface area contributed by atoms with Crippen LogP contribution in [0.2, 0.25) is 5.02 Å². The van der Waals surface area contributed by atoms with Crippen molar-refractivity contribution in [3.63, 3.8) is 0 Å². The average molecular weight is 398 g/mol. The first-order chi connectivity index (χ1) is 13.5. The van der Waals surface area contributed by atoms with Crippen LogP contribution in [0, 0.1) is 12.8 Å². The minimum atomic E-state index is -0.159. The maximum Gasteiger partial charge on any atom is 0.321 e. The van der Waals surface area contributed by atoms with Crippen LogP contribution >= 0.6 is 11.6 Å². The van der Waals surface area contributed by atoms with Gasteiger partial charge in [-0.25, -0.2) is 4.79 Å². The molecule has 0 saturated carbocycles. The number of likely N-dealkylation sites (tertiary alicyclic amines) is 1. The number of nitrogens with zero attached hydrogens (tertiary/aromatic N) is 4. The summed E-state index contributed by atoms with van der Waals surface area (Å²) in [7, 11) is 0. The van der Waals surface area contributed by atoms with Gasteiger partial charge in [-0.3, -0.25) is 4.98 Å². The van der Waals surface area contributed by atoms with Crippen LogP contribution < -0.4 is 5.32 Å². The van der Waals surface area contributed by atoms with E-state index in [-0.39, 0.29) is 17.9 Å². The number of carbonyl (C=O) groups excluding carboxylic acids is 1. The lowest BCUT2D eigenvalue weighted by atomic mass is 9.98. The fraction of sp³-hybridized carbons (Fsp3) is 0.300. The fourth-order valence-corrected chi connectivity index (χ4v) is 3.57. The van der Waals surface area contributed by atoms with Gasteiger partial charge in [-0.15, -0.1) is 0 Å². The smallest absolute Gasteiger partial charge is 0.321 e. The van der Waals surface area contributed by atoms with Gasteiger partial charge in [0.15, 0.2) is 0 Å². The number of hydrogen-bond donors (Lipinski definition) is 1. The van der Waals surface area contributed by atoms with Gasteiger partial charge in [0, 0.05) is 41.8 Å². The number of amides is 2. The van der Waals surface area contributed by atoms with Crippen LogP contribution in [0.3, 0.4) is 0 Å². The summed E-state index contributed by atoms with van der Waals surface area (Å²) in [5.41, 5.74) is 2.41. The second-order valence-electron chi connectivity index (χ2n) is 7.02. The molecule has 144 valence electrons. The van der Waals surface area contributed by atoms with Gasteiger partial charge in [0.05, 0.1) is 5.92 Å². The molecule has 28 heavy (non-hydrogen) atoms. The number of urea groups is 1. The Labute approximate surface area is 167 Å². The van der Waals surface area contributed by atoms with Gasteiger partial charge in [0.25, 0.3) is 0 Å². The highest BCUT2D eigenvalue weighted by Gasteiger charge is 2.37. The molecule has 0 radical (unpaired) electrons. The first kappa shape index (κ1) is 18.4. The highest BCUT2D eigenvalue weighted by molar-refractivity contribution is 6.31. The lowest BCUT2D eigenvalue weighted by molar-refractivity contribution is 0.220. The molecule has 3 heterocycles. The van der Waals surface area contributed by atoms with Crippen LogP contribution in [0.5, 0.6) is 0 Å². The third-order valence-electron chi connectivity index (χ3n) is 5.11. The normalized spacial score (nSPS) is 19.0. The van der Waals surface area contributed by atoms with Crippen LogP contribution in [0.4, 0.5) is 10.5 Å². The Hall–Kier alpha value is -2.93. The summed E-state index contributed by atoms with van der Waals surface area (Å²) >= 11 is 6.14. The van der Waals surface area contributed by atoms with E-state index in [1.165, 1.54) is 0 Å². The van der Waals surface area contributed by atoms with Crippen molar-refractivity contribution in [1.29, 1.82) is 0 Å². The fourth-order valence-electron chi connectivity index (χ4n) is 3.40. The zero-order chi connectivity index (χ0) is 19.7. The molecule has 4 rings (SSSR count). The molecule has 2 aromatic heterocycles. The van der Waals surface area contributed by atoms with Gasteiger partial charge in [0.2, 0.25) is 11.7 Å². The highest BCUT2D eigenvalue weighted by Crippen LogP contribution is 2.33. The minimum Gasteiger partial charge on any atom is -0.339 e. The van der Waals surface area contributed by atoms with E-state index in [9.17, 15) is 4.79 Å². The highest BCUT2D eigenvalue weighted by atomic mass is 35.5. The third kappa shape index (κ3) is 3.57. The SMILES string of the molecule is Cc1c(Cl)cccc1NC(=O)N1C[C@H](c2nc(-c3ccncc3)no2)[C@@H](C)C1. The second kappa shape index (κ2) is 7.59. The Morgan fingerprint density at radius 2 is 2.04 bits per heavy atom. The van der Waals surface area contributed by atoms with Crippen molar-refractivity contribution in [3.05, 3.63) is 59.2 Å². The standard InChI is InChI=1S/C20H20ClN5O2/c1-12-10-26(20(27)23-17-5-3-4-16(21)13(17)2)11-15(12)19-24-18(25-28-19)14-6-8-22-9-7-14/h3-9,12,15H,10-11H2,1-2H3,(H,23,27)/t12-,15-/m0/s1. The Kier molecular flexibility index (Phi) is 5.00. The van der Waals surface area contributed by atoms with Gasteiger partial charge >= 0.3 is 6.03 Å². The Bertz CT molecular complexity index is 991. The maximum atomic E-state index is 12.7. The summed E-state index contributed by atoms with van der Waals surface area (Å²) < 4.78 is 5.50. The van der Waals surface area contributed by atoms with Crippen molar-refractivity contribution in [2.24, 2.45) is 5.92 Å². The van der Waals surface area contributed by atoms with Crippen LogP contribution in [0.15, 0.2) is 47.2 Å². The lowest BCUT2D eigenvalue weighted by Crippen LogP contribution is -2.33. The Balaban J connectivity index is 1.47. The van der Waals surface area contributed by atoms with E-state index in [1.54, 1.807) is 23.4 Å². The van der Waals surface area contributed by atoms with Crippen LogP contribution in [0.25, 0.3) is 11.4 Å². The minimum absolute atomic E-state index is 0.00528. The van der Waals surface area contributed by atoms with Gasteiger partial charge in [0.1, 0.15) is 0 Å². The van der Waals surface area contributed by atoms with Gasteiger partial charge in [-0.05, 0) is 42.7 Å². The number of pyridine rings is 1. The molecular formula is C20H20ClN5O2. The molecule has 1 aliphatic heterocycles. The van der Waals surface area contributed by atoms with Gasteiger partial charge in [-0.1, -0.05) is 29.7 Å². The third-order valence-corrected chi connectivity index (χ3v) is 5.52. The largest absolute Gasteiger partial charge is 0.339 e. The molecule has 1 aromatic carbocycles. The molecule has 1 fully saturated rings. The molecule has 3 aromatic rings. The van der Waals surface area contributed by atoms with Crippen molar-refractivity contribution in [1.82, 2.24) is 20.0 Å². The van der Waals surface area contributed by atoms with Crippen LogP contribution in [0.1, 0.15) is 24.3 Å². The first-order valence-corrected chi connectivity index (χ1v) is 9.45. The molecule has 8 heteroatoms. The van der Waals surface area contributed by atoms with E-state index in [0.717, 1.165) is 11.1 Å². The molecule has 1 N–H and O–H groups in total. The summed E-state index contributed by atoms with van der Waals surface area (Å²) in [6.07, 6.45) is 3.38. The van der Waals surface area contributed by atoms with Crippen molar-refractivity contribution in [2.45, 2.75) is 19.8 Å². The Morgan fingerprint density at radius 3 is 2.82 bits per heavy atom. The quantitative estimate of drug-likeness (QED) is 0.709. The molecule has 1 saturated heterocycles. The number of carbonyl (C=O) groups is 1. The van der Waals surface area contributed by atoms with Gasteiger partial charge in [-0.2, -0.15) is 4.98 Å². The summed E-state index contributed by atoms with van der Waals surface area (Å²) in [5, 5.41) is 7.65. The Morgan fingerprint density at radius 1 is 1.25 bits per heavy atom. The molecule has 0 spiro atoms. The number of anilines is 1. The summed E-state index contributed by atoms with van der Waals surface area (Å²) in [6.45, 7) is 5.10. The number of hydrogen-bond acceptors (Lipinski definition) is 5. The number of aromatic nitrogens is 3. The topological polar surface area (TPSA) is 84.2 Å². The molecule has 0 unspecified atom stereocenters.